The SMILES string of the molecule is CCN1CCC(CNC(=O)c2sc(N(C)CC)nc2N)C1. The molecule has 0 spiro atoms. The van der Waals surface area contributed by atoms with Gasteiger partial charge in [0.1, 0.15) is 10.7 Å². The largest absolute Gasteiger partial charge is 0.382 e. The summed E-state index contributed by atoms with van der Waals surface area (Å²) in [5.74, 6) is 0.769. The molecule has 0 bridgehead atoms. The number of carbonyl (C=O) groups excluding carboxylic acids is 1. The molecule has 0 saturated carbocycles. The highest BCUT2D eigenvalue weighted by Crippen LogP contribution is 2.27. The maximum absolute atomic E-state index is 12.2. The molecule has 0 aromatic carbocycles. The average molecular weight is 311 g/mol. The first-order chi connectivity index (χ1) is 10.0. The third-order valence-corrected chi connectivity index (χ3v) is 5.20. The minimum Gasteiger partial charge on any atom is -0.382 e. The Morgan fingerprint density at radius 3 is 2.95 bits per heavy atom. The predicted molar refractivity (Wildman–Crippen MR) is 88.0 cm³/mol. The number of carbonyl (C=O) groups is 1. The minimum atomic E-state index is -0.101. The summed E-state index contributed by atoms with van der Waals surface area (Å²) in [5.41, 5.74) is 5.87. The number of hydrogen-bond donors (Lipinski definition) is 2. The molecule has 1 amide bonds. The lowest BCUT2D eigenvalue weighted by Crippen LogP contribution is -2.30. The fourth-order valence-corrected chi connectivity index (χ4v) is 3.39. The van der Waals surface area contributed by atoms with Crippen molar-refractivity contribution < 1.29 is 4.79 Å². The number of likely N-dealkylation sites (tertiary alicyclic amines) is 1. The normalized spacial score (nSPS) is 18.9. The van der Waals surface area contributed by atoms with Gasteiger partial charge in [0.15, 0.2) is 5.13 Å². The molecule has 1 saturated heterocycles. The number of nitrogens with two attached hydrogens (primary N) is 1. The average Bonchev–Trinajstić information content (AvgIpc) is 3.10. The molecule has 3 N–H and O–H groups in total. The zero-order valence-electron chi connectivity index (χ0n) is 13.1. The van der Waals surface area contributed by atoms with Gasteiger partial charge in [-0.05, 0) is 32.4 Å². The number of nitrogen functional groups attached to an aromatic ring is 1. The second-order valence-corrected chi connectivity index (χ2v) is 6.46. The van der Waals surface area contributed by atoms with Crippen molar-refractivity contribution in [2.75, 3.05) is 50.4 Å². The fourth-order valence-electron chi connectivity index (χ4n) is 2.47. The van der Waals surface area contributed by atoms with Crippen molar-refractivity contribution in [3.8, 4) is 0 Å². The molecule has 1 aliphatic heterocycles. The highest BCUT2D eigenvalue weighted by molar-refractivity contribution is 7.18. The monoisotopic (exact) mass is 311 g/mol. The Kier molecular flexibility index (Phi) is 5.41. The second-order valence-electron chi connectivity index (χ2n) is 5.48. The van der Waals surface area contributed by atoms with Crippen LogP contribution < -0.4 is 16.0 Å². The van der Waals surface area contributed by atoms with Crippen molar-refractivity contribution in [2.45, 2.75) is 20.3 Å². The molecule has 1 fully saturated rings. The van der Waals surface area contributed by atoms with Crippen molar-refractivity contribution in [1.29, 1.82) is 0 Å². The van der Waals surface area contributed by atoms with E-state index < -0.39 is 0 Å². The standard InChI is InChI=1S/C14H25N5OS/c1-4-18(3)14-17-12(15)11(21-14)13(20)16-8-10-6-7-19(5-2)9-10/h10H,4-9,15H2,1-3H3,(H,16,20). The lowest BCUT2D eigenvalue weighted by Gasteiger charge is -2.13. The Morgan fingerprint density at radius 1 is 1.57 bits per heavy atom. The van der Waals surface area contributed by atoms with Gasteiger partial charge in [0, 0.05) is 26.7 Å². The van der Waals surface area contributed by atoms with Gasteiger partial charge >= 0.3 is 0 Å². The van der Waals surface area contributed by atoms with Gasteiger partial charge in [-0.2, -0.15) is 0 Å². The molecule has 2 heterocycles. The van der Waals surface area contributed by atoms with Gasteiger partial charge < -0.3 is 20.9 Å². The van der Waals surface area contributed by atoms with Crippen molar-refractivity contribution in [2.24, 2.45) is 5.92 Å². The number of anilines is 2. The first-order valence-corrected chi connectivity index (χ1v) is 8.34. The molecule has 118 valence electrons. The number of rotatable bonds is 6. The Morgan fingerprint density at radius 2 is 2.33 bits per heavy atom. The van der Waals surface area contributed by atoms with Crippen molar-refractivity contribution in [3.63, 3.8) is 0 Å². The number of hydrogen-bond acceptors (Lipinski definition) is 6. The molecule has 0 radical (unpaired) electrons. The highest BCUT2D eigenvalue weighted by Gasteiger charge is 2.23. The molecule has 1 aliphatic rings. The molecule has 1 atom stereocenters. The predicted octanol–water partition coefficient (Wildman–Crippen LogP) is 1.25. The van der Waals surface area contributed by atoms with Crippen LogP contribution in [0.3, 0.4) is 0 Å². The van der Waals surface area contributed by atoms with Crippen LogP contribution in [0, 0.1) is 5.92 Å². The Hall–Kier alpha value is -1.34. The Bertz CT molecular complexity index is 490. The van der Waals surface area contributed by atoms with Crippen LogP contribution in [0.4, 0.5) is 10.9 Å². The lowest BCUT2D eigenvalue weighted by molar-refractivity contribution is 0.0952. The van der Waals surface area contributed by atoms with Crippen molar-refractivity contribution in [1.82, 2.24) is 15.2 Å². The maximum Gasteiger partial charge on any atom is 0.265 e. The van der Waals surface area contributed by atoms with Crippen LogP contribution >= 0.6 is 11.3 Å². The molecule has 7 heteroatoms. The van der Waals surface area contributed by atoms with Gasteiger partial charge in [-0.1, -0.05) is 18.3 Å². The summed E-state index contributed by atoms with van der Waals surface area (Å²) in [5, 5.41) is 3.79. The van der Waals surface area contributed by atoms with Crippen LogP contribution in [0.1, 0.15) is 29.9 Å². The van der Waals surface area contributed by atoms with E-state index in [-0.39, 0.29) is 5.91 Å². The van der Waals surface area contributed by atoms with E-state index in [1.807, 2.05) is 18.9 Å². The van der Waals surface area contributed by atoms with Crippen LogP contribution in [-0.4, -0.2) is 55.6 Å². The van der Waals surface area contributed by atoms with Gasteiger partial charge in [0.2, 0.25) is 0 Å². The molecule has 21 heavy (non-hydrogen) atoms. The first-order valence-electron chi connectivity index (χ1n) is 7.53. The molecule has 1 aromatic rings. The van der Waals surface area contributed by atoms with Crippen LogP contribution in [-0.2, 0) is 0 Å². The van der Waals surface area contributed by atoms with E-state index in [0.717, 1.165) is 37.7 Å². The first kappa shape index (κ1) is 16.0. The third-order valence-electron chi connectivity index (χ3n) is 4.02. The van der Waals surface area contributed by atoms with Gasteiger partial charge in [-0.3, -0.25) is 4.79 Å². The molecule has 0 aliphatic carbocycles. The van der Waals surface area contributed by atoms with Crippen LogP contribution in [0.15, 0.2) is 0 Å². The van der Waals surface area contributed by atoms with E-state index in [2.05, 4.69) is 22.1 Å². The van der Waals surface area contributed by atoms with Gasteiger partial charge in [-0.25, -0.2) is 4.98 Å². The van der Waals surface area contributed by atoms with Gasteiger partial charge in [-0.15, -0.1) is 0 Å². The van der Waals surface area contributed by atoms with E-state index in [0.29, 0.717) is 23.2 Å². The zero-order valence-corrected chi connectivity index (χ0v) is 13.9. The number of nitrogens with one attached hydrogen (secondary N) is 1. The number of aromatic nitrogens is 1. The maximum atomic E-state index is 12.2. The molecular formula is C14H25N5OS. The fraction of sp³-hybridized carbons (Fsp3) is 0.714. The molecule has 1 aromatic heterocycles. The summed E-state index contributed by atoms with van der Waals surface area (Å²) >= 11 is 1.36. The smallest absolute Gasteiger partial charge is 0.265 e. The van der Waals surface area contributed by atoms with Crippen LogP contribution in [0.25, 0.3) is 0 Å². The topological polar surface area (TPSA) is 74.5 Å². The summed E-state index contributed by atoms with van der Waals surface area (Å²) in [4.78, 5) is 21.4. The van der Waals surface area contributed by atoms with E-state index in [9.17, 15) is 4.79 Å². The summed E-state index contributed by atoms with van der Waals surface area (Å²) in [7, 11) is 1.94. The molecule has 1 unspecified atom stereocenters. The van der Waals surface area contributed by atoms with Crippen LogP contribution in [0.5, 0.6) is 0 Å². The van der Waals surface area contributed by atoms with Crippen LogP contribution in [0.2, 0.25) is 0 Å². The van der Waals surface area contributed by atoms with Crippen molar-refractivity contribution >= 4 is 28.2 Å². The van der Waals surface area contributed by atoms with E-state index in [1.165, 1.54) is 11.3 Å². The molecule has 2 rings (SSSR count). The summed E-state index contributed by atoms with van der Waals surface area (Å²) in [6.45, 7) is 9.04. The Labute approximate surface area is 130 Å². The lowest BCUT2D eigenvalue weighted by atomic mass is 10.1. The van der Waals surface area contributed by atoms with Gasteiger partial charge in [0.25, 0.3) is 5.91 Å². The molecule has 6 nitrogen and oxygen atoms in total. The zero-order chi connectivity index (χ0) is 15.4. The number of thiazole rings is 1. The van der Waals surface area contributed by atoms with E-state index in [4.69, 9.17) is 5.73 Å². The quantitative estimate of drug-likeness (QED) is 0.827. The summed E-state index contributed by atoms with van der Waals surface area (Å²) in [6, 6.07) is 0. The number of nitrogens with zero attached hydrogens (tertiary/aromatic N) is 3. The Balaban J connectivity index is 1.90. The third kappa shape index (κ3) is 3.85. The summed E-state index contributed by atoms with van der Waals surface area (Å²) in [6.07, 6.45) is 1.15. The van der Waals surface area contributed by atoms with Gasteiger partial charge in [0.05, 0.1) is 0 Å². The molecular weight excluding hydrogens is 286 g/mol. The van der Waals surface area contributed by atoms with E-state index >= 15 is 0 Å². The summed E-state index contributed by atoms with van der Waals surface area (Å²) < 4.78 is 0. The second kappa shape index (κ2) is 7.09. The minimum absolute atomic E-state index is 0.101. The highest BCUT2D eigenvalue weighted by atomic mass is 32.1. The van der Waals surface area contributed by atoms with Crippen molar-refractivity contribution in [3.05, 3.63) is 4.88 Å². The van der Waals surface area contributed by atoms with E-state index in [1.54, 1.807) is 0 Å². The number of amides is 1.